The minimum atomic E-state index is -0.944. The van der Waals surface area contributed by atoms with Gasteiger partial charge < -0.3 is 34.5 Å². The van der Waals surface area contributed by atoms with Crippen molar-refractivity contribution >= 4 is 17.8 Å². The lowest BCUT2D eigenvalue weighted by atomic mass is 10.0. The predicted octanol–water partition coefficient (Wildman–Crippen LogP) is 4.86. The van der Waals surface area contributed by atoms with Gasteiger partial charge in [-0.2, -0.15) is 0 Å². The molecule has 5 rings (SSSR count). The average molecular weight is 576 g/mol. The first-order valence-electron chi connectivity index (χ1n) is 14.0. The van der Waals surface area contributed by atoms with Crippen molar-refractivity contribution in [3.63, 3.8) is 0 Å². The molecule has 0 spiro atoms. The van der Waals surface area contributed by atoms with Crippen LogP contribution in [0.4, 0.5) is 0 Å². The largest absolute Gasteiger partial charge is 0.493 e. The number of carbonyl (C=O) groups is 3. The van der Waals surface area contributed by atoms with Crippen LogP contribution in [0.2, 0.25) is 0 Å². The summed E-state index contributed by atoms with van der Waals surface area (Å²) in [4.78, 5) is 35.2. The van der Waals surface area contributed by atoms with Crippen LogP contribution in [0.25, 0.3) is 11.1 Å². The molecule has 220 valence electrons. The molecule has 1 heterocycles. The number of hydrogen-bond acceptors (Lipinski definition) is 7. The summed E-state index contributed by atoms with van der Waals surface area (Å²) in [5.74, 6) is 0.245. The van der Waals surface area contributed by atoms with Gasteiger partial charge in [0.1, 0.15) is 31.3 Å². The summed E-state index contributed by atoms with van der Waals surface area (Å²) in [5, 5.41) is 21.2. The number of aliphatic carboxylic acids is 2. The van der Waals surface area contributed by atoms with Crippen LogP contribution in [-0.4, -0.2) is 53.9 Å². The van der Waals surface area contributed by atoms with Crippen molar-refractivity contribution in [3.05, 3.63) is 71.3 Å². The van der Waals surface area contributed by atoms with Gasteiger partial charge in [0.25, 0.3) is 5.91 Å². The summed E-state index contributed by atoms with van der Waals surface area (Å²) >= 11 is 0. The lowest BCUT2D eigenvalue weighted by Gasteiger charge is -2.19. The van der Waals surface area contributed by atoms with Crippen LogP contribution < -0.4 is 24.3 Å². The first kappa shape index (κ1) is 28.8. The third kappa shape index (κ3) is 7.72. The Hall–Kier alpha value is -4.73. The highest BCUT2D eigenvalue weighted by Gasteiger charge is 2.24. The molecule has 0 saturated heterocycles. The van der Waals surface area contributed by atoms with Gasteiger partial charge in [0, 0.05) is 30.0 Å². The normalized spacial score (nSPS) is 13.7. The van der Waals surface area contributed by atoms with Gasteiger partial charge in [0.15, 0.2) is 11.5 Å². The first-order chi connectivity index (χ1) is 20.4. The van der Waals surface area contributed by atoms with Crippen LogP contribution in [-0.2, 0) is 22.6 Å². The maximum atomic E-state index is 13.0. The van der Waals surface area contributed by atoms with E-state index in [0.29, 0.717) is 53.8 Å². The Morgan fingerprint density at radius 2 is 1.64 bits per heavy atom. The minimum absolute atomic E-state index is 0.0242. The number of amides is 1. The van der Waals surface area contributed by atoms with E-state index in [2.05, 4.69) is 5.32 Å². The molecule has 2 aliphatic rings. The van der Waals surface area contributed by atoms with E-state index in [1.807, 2.05) is 36.4 Å². The first-order valence-corrected chi connectivity index (χ1v) is 14.0. The SMILES string of the molecule is O=C(O)CCCOc1cccc(COc2cc(C(=O)NC3CC3)cc(-c3ccc4c(c3)OCCO4)c2)c1CCC(=O)O. The minimum Gasteiger partial charge on any atom is -0.493 e. The van der Waals surface area contributed by atoms with Crippen LogP contribution in [0.1, 0.15) is 53.6 Å². The lowest BCUT2D eigenvalue weighted by molar-refractivity contribution is -0.138. The average Bonchev–Trinajstić information content (AvgIpc) is 3.81. The fourth-order valence-corrected chi connectivity index (χ4v) is 4.66. The van der Waals surface area contributed by atoms with E-state index in [1.54, 1.807) is 18.2 Å². The maximum absolute atomic E-state index is 13.0. The van der Waals surface area contributed by atoms with E-state index < -0.39 is 11.9 Å². The van der Waals surface area contributed by atoms with Crippen LogP contribution in [0.15, 0.2) is 54.6 Å². The Morgan fingerprint density at radius 3 is 2.40 bits per heavy atom. The van der Waals surface area contributed by atoms with Gasteiger partial charge in [-0.3, -0.25) is 14.4 Å². The van der Waals surface area contributed by atoms with Crippen molar-refractivity contribution < 1.29 is 43.5 Å². The summed E-state index contributed by atoms with van der Waals surface area (Å²) < 4.78 is 23.5. The molecule has 42 heavy (non-hydrogen) atoms. The number of nitrogens with one attached hydrogen (secondary N) is 1. The van der Waals surface area contributed by atoms with E-state index in [0.717, 1.165) is 29.5 Å². The fourth-order valence-electron chi connectivity index (χ4n) is 4.66. The van der Waals surface area contributed by atoms with Crippen molar-refractivity contribution in [1.82, 2.24) is 5.32 Å². The van der Waals surface area contributed by atoms with Crippen molar-refractivity contribution in [1.29, 1.82) is 0 Å². The van der Waals surface area contributed by atoms with E-state index >= 15 is 0 Å². The highest BCUT2D eigenvalue weighted by Crippen LogP contribution is 2.36. The molecule has 10 nitrogen and oxygen atoms in total. The maximum Gasteiger partial charge on any atom is 0.303 e. The zero-order valence-corrected chi connectivity index (χ0v) is 23.1. The summed E-state index contributed by atoms with van der Waals surface area (Å²) in [6, 6.07) is 16.6. The molecule has 3 aromatic carbocycles. The van der Waals surface area contributed by atoms with Gasteiger partial charge in [-0.1, -0.05) is 18.2 Å². The molecule has 1 aliphatic carbocycles. The molecule has 0 aromatic heterocycles. The van der Waals surface area contributed by atoms with Gasteiger partial charge >= 0.3 is 11.9 Å². The highest BCUT2D eigenvalue weighted by molar-refractivity contribution is 5.96. The number of carboxylic acid groups (broad SMARTS) is 2. The zero-order chi connectivity index (χ0) is 29.5. The lowest BCUT2D eigenvalue weighted by Crippen LogP contribution is -2.25. The van der Waals surface area contributed by atoms with Crippen molar-refractivity contribution in [2.75, 3.05) is 19.8 Å². The standard InChI is InChI=1S/C32H33NO9/c34-30(35)5-2-12-39-27-4-1-3-21(26(27)9-11-31(36)37)19-42-25-16-22(15-23(17-25)32(38)33-24-7-8-24)20-6-10-28-29(18-20)41-14-13-40-28/h1,3-4,6,10,15-18,24H,2,5,7-9,11-14,19H2,(H,33,38)(H,34,35)(H,36,37). The van der Waals surface area contributed by atoms with Crippen LogP contribution in [0, 0.1) is 0 Å². The summed E-state index contributed by atoms with van der Waals surface area (Å²) in [6.07, 6.45) is 2.34. The molecule has 1 saturated carbocycles. The van der Waals surface area contributed by atoms with Crippen LogP contribution in [0.5, 0.6) is 23.0 Å². The number of benzene rings is 3. The Labute approximate surface area is 243 Å². The molecule has 3 N–H and O–H groups in total. The van der Waals surface area contributed by atoms with Crippen LogP contribution in [0.3, 0.4) is 0 Å². The fraction of sp³-hybridized carbons (Fsp3) is 0.344. The molecule has 10 heteroatoms. The molecule has 1 aliphatic heterocycles. The molecule has 0 bridgehead atoms. The number of ether oxygens (including phenoxy) is 4. The summed E-state index contributed by atoms with van der Waals surface area (Å²) in [7, 11) is 0. The van der Waals surface area contributed by atoms with Crippen LogP contribution >= 0.6 is 0 Å². The zero-order valence-electron chi connectivity index (χ0n) is 23.1. The van der Waals surface area contributed by atoms with E-state index in [9.17, 15) is 19.5 Å². The second-order valence-electron chi connectivity index (χ2n) is 10.3. The van der Waals surface area contributed by atoms with Crippen molar-refractivity contribution in [3.8, 4) is 34.1 Å². The Kier molecular flexibility index (Phi) is 9.11. The smallest absolute Gasteiger partial charge is 0.303 e. The second-order valence-corrected chi connectivity index (χ2v) is 10.3. The van der Waals surface area contributed by atoms with Gasteiger partial charge in [0.05, 0.1) is 6.61 Å². The highest BCUT2D eigenvalue weighted by atomic mass is 16.6. The summed E-state index contributed by atoms with van der Waals surface area (Å²) in [5.41, 5.74) is 3.49. The van der Waals surface area contributed by atoms with E-state index in [1.165, 1.54) is 0 Å². The second kappa shape index (κ2) is 13.3. The van der Waals surface area contributed by atoms with E-state index in [-0.39, 0.29) is 44.4 Å². The van der Waals surface area contributed by atoms with E-state index in [4.69, 9.17) is 24.1 Å². The molecule has 3 aromatic rings. The number of carboxylic acids is 2. The molecular formula is C32H33NO9. The molecule has 1 fully saturated rings. The van der Waals surface area contributed by atoms with Gasteiger partial charge in [-0.25, -0.2) is 0 Å². The Bertz CT molecular complexity index is 1460. The number of carbonyl (C=O) groups excluding carboxylic acids is 1. The monoisotopic (exact) mass is 575 g/mol. The predicted molar refractivity (Wildman–Crippen MR) is 152 cm³/mol. The molecule has 0 radical (unpaired) electrons. The van der Waals surface area contributed by atoms with Gasteiger partial charge in [0.2, 0.25) is 0 Å². The van der Waals surface area contributed by atoms with Crippen molar-refractivity contribution in [2.24, 2.45) is 0 Å². The quantitative estimate of drug-likeness (QED) is 0.230. The van der Waals surface area contributed by atoms with Gasteiger partial charge in [-0.15, -0.1) is 0 Å². The Balaban J connectivity index is 1.40. The Morgan fingerprint density at radius 1 is 0.857 bits per heavy atom. The molecule has 1 amide bonds. The summed E-state index contributed by atoms with van der Waals surface area (Å²) in [6.45, 7) is 1.24. The molecule has 0 unspecified atom stereocenters. The third-order valence-corrected chi connectivity index (χ3v) is 6.96. The number of fused-ring (bicyclic) bond motifs is 1. The number of rotatable bonds is 14. The third-order valence-electron chi connectivity index (χ3n) is 6.96. The molecule has 0 atom stereocenters. The topological polar surface area (TPSA) is 141 Å². The number of hydrogen-bond donors (Lipinski definition) is 3. The molecular weight excluding hydrogens is 542 g/mol. The van der Waals surface area contributed by atoms with Gasteiger partial charge in [-0.05, 0) is 78.8 Å². The van der Waals surface area contributed by atoms with Crippen molar-refractivity contribution in [2.45, 2.75) is 51.2 Å².